The summed E-state index contributed by atoms with van der Waals surface area (Å²) in [7, 11) is 2.86. The lowest BCUT2D eigenvalue weighted by Gasteiger charge is -2.10. The summed E-state index contributed by atoms with van der Waals surface area (Å²) in [5, 5.41) is 9.72. The summed E-state index contributed by atoms with van der Waals surface area (Å²) >= 11 is 0. The van der Waals surface area contributed by atoms with Crippen molar-refractivity contribution in [3.63, 3.8) is 0 Å². The second kappa shape index (κ2) is 3.34. The number of methoxy groups -OCH3 is 2. The van der Waals surface area contributed by atoms with Crippen LogP contribution >= 0.6 is 0 Å². The second-order valence-corrected chi connectivity index (χ2v) is 3.05. The smallest absolute Gasteiger partial charge is 0.207 e. The minimum atomic E-state index is -0.278. The number of phenols is 1. The van der Waals surface area contributed by atoms with Crippen LogP contribution in [0.15, 0.2) is 6.07 Å². The standard InChI is InChI=1S/C10H10O5/c1-13-6-3-7(14-2)10-8(9(6)12)5(11)4-15-10/h3,12H,4H2,1-2H3. The Kier molecular flexibility index (Phi) is 2.15. The van der Waals surface area contributed by atoms with Gasteiger partial charge < -0.3 is 19.3 Å². The van der Waals surface area contributed by atoms with Crippen molar-refractivity contribution in [3.8, 4) is 23.0 Å². The number of ether oxygens (including phenoxy) is 3. The van der Waals surface area contributed by atoms with Crippen LogP contribution in [0.2, 0.25) is 0 Å². The molecule has 5 heteroatoms. The second-order valence-electron chi connectivity index (χ2n) is 3.05. The number of aromatic hydroxyl groups is 1. The van der Waals surface area contributed by atoms with Crippen molar-refractivity contribution in [2.24, 2.45) is 0 Å². The molecule has 0 spiro atoms. The number of fused-ring (bicyclic) bond motifs is 1. The van der Waals surface area contributed by atoms with E-state index in [4.69, 9.17) is 14.2 Å². The fraction of sp³-hybridized carbons (Fsp3) is 0.300. The molecule has 80 valence electrons. The zero-order chi connectivity index (χ0) is 11.0. The van der Waals surface area contributed by atoms with Crippen molar-refractivity contribution in [1.29, 1.82) is 0 Å². The van der Waals surface area contributed by atoms with Gasteiger partial charge in [-0.3, -0.25) is 4.79 Å². The molecule has 15 heavy (non-hydrogen) atoms. The molecule has 0 radical (unpaired) electrons. The lowest BCUT2D eigenvalue weighted by molar-refractivity contribution is 0.0959. The SMILES string of the molecule is COc1cc(OC)c2c(c1O)C(=O)CO2. The van der Waals surface area contributed by atoms with E-state index in [0.29, 0.717) is 5.75 Å². The van der Waals surface area contributed by atoms with Gasteiger partial charge >= 0.3 is 0 Å². The minimum Gasteiger partial charge on any atom is -0.504 e. The van der Waals surface area contributed by atoms with E-state index in [2.05, 4.69) is 0 Å². The Morgan fingerprint density at radius 2 is 2.00 bits per heavy atom. The van der Waals surface area contributed by atoms with Crippen molar-refractivity contribution in [3.05, 3.63) is 11.6 Å². The molecule has 0 bridgehead atoms. The summed E-state index contributed by atoms with van der Waals surface area (Å²) < 4.78 is 15.1. The molecule has 1 aromatic rings. The number of carbonyl (C=O) groups is 1. The van der Waals surface area contributed by atoms with Crippen molar-refractivity contribution >= 4 is 5.78 Å². The van der Waals surface area contributed by atoms with Crippen LogP contribution in [0.5, 0.6) is 23.0 Å². The zero-order valence-corrected chi connectivity index (χ0v) is 8.36. The highest BCUT2D eigenvalue weighted by Crippen LogP contribution is 2.46. The molecule has 5 nitrogen and oxygen atoms in total. The molecule has 0 unspecified atom stereocenters. The van der Waals surface area contributed by atoms with E-state index in [9.17, 15) is 9.90 Å². The summed E-state index contributed by atoms with van der Waals surface area (Å²) in [6, 6.07) is 1.48. The maximum Gasteiger partial charge on any atom is 0.207 e. The highest BCUT2D eigenvalue weighted by atomic mass is 16.5. The summed E-state index contributed by atoms with van der Waals surface area (Å²) in [5.41, 5.74) is 0.131. The molecule has 1 aliphatic rings. The van der Waals surface area contributed by atoms with Gasteiger partial charge in [0.2, 0.25) is 5.78 Å². The number of phenolic OH excluding ortho intramolecular Hbond substituents is 1. The molecule has 0 amide bonds. The lowest BCUT2D eigenvalue weighted by Crippen LogP contribution is -1.99. The third-order valence-corrected chi connectivity index (χ3v) is 2.25. The van der Waals surface area contributed by atoms with Gasteiger partial charge in [0.05, 0.1) is 14.2 Å². The van der Waals surface area contributed by atoms with Gasteiger partial charge in [0.1, 0.15) is 5.56 Å². The maximum atomic E-state index is 11.4. The first-order valence-corrected chi connectivity index (χ1v) is 4.33. The van der Waals surface area contributed by atoms with Gasteiger partial charge in [-0.15, -0.1) is 0 Å². The number of ketones is 1. The zero-order valence-electron chi connectivity index (χ0n) is 8.36. The Balaban J connectivity index is 2.69. The van der Waals surface area contributed by atoms with Crippen molar-refractivity contribution in [1.82, 2.24) is 0 Å². The molecule has 1 heterocycles. The number of rotatable bonds is 2. The monoisotopic (exact) mass is 210 g/mol. The van der Waals surface area contributed by atoms with Gasteiger partial charge in [0.15, 0.2) is 29.6 Å². The molecular formula is C10H10O5. The molecule has 1 N–H and O–H groups in total. The predicted molar refractivity (Wildman–Crippen MR) is 51.0 cm³/mol. The van der Waals surface area contributed by atoms with Gasteiger partial charge in [0.25, 0.3) is 0 Å². The van der Waals surface area contributed by atoms with E-state index in [1.54, 1.807) is 0 Å². The first kappa shape index (κ1) is 9.64. The fourth-order valence-electron chi connectivity index (χ4n) is 1.53. The Bertz CT molecular complexity index is 424. The number of hydrogen-bond acceptors (Lipinski definition) is 5. The van der Waals surface area contributed by atoms with Crippen LogP contribution in [0.1, 0.15) is 10.4 Å². The Morgan fingerprint density at radius 1 is 1.33 bits per heavy atom. The number of carbonyl (C=O) groups excluding carboxylic acids is 1. The molecule has 0 saturated heterocycles. The third-order valence-electron chi connectivity index (χ3n) is 2.25. The highest BCUT2D eigenvalue weighted by molar-refractivity contribution is 6.06. The molecule has 0 atom stereocenters. The van der Waals surface area contributed by atoms with E-state index in [-0.39, 0.29) is 35.2 Å². The summed E-state index contributed by atoms with van der Waals surface area (Å²) in [5.74, 6) is 0.381. The van der Waals surface area contributed by atoms with E-state index in [1.165, 1.54) is 20.3 Å². The van der Waals surface area contributed by atoms with Crippen LogP contribution < -0.4 is 14.2 Å². The molecule has 0 fully saturated rings. The van der Waals surface area contributed by atoms with E-state index in [0.717, 1.165) is 0 Å². The predicted octanol–water partition coefficient (Wildman–Crippen LogP) is 0.984. The molecule has 2 rings (SSSR count). The van der Waals surface area contributed by atoms with Gasteiger partial charge in [-0.2, -0.15) is 0 Å². The van der Waals surface area contributed by atoms with Crippen LogP contribution in [0.25, 0.3) is 0 Å². The van der Waals surface area contributed by atoms with Crippen LogP contribution in [0, 0.1) is 0 Å². The molecule has 1 aliphatic heterocycles. The van der Waals surface area contributed by atoms with Crippen LogP contribution in [-0.4, -0.2) is 31.7 Å². The fourth-order valence-corrected chi connectivity index (χ4v) is 1.53. The number of Topliss-reactive ketones (excluding diaryl/α,β-unsaturated/α-hetero) is 1. The highest BCUT2D eigenvalue weighted by Gasteiger charge is 2.31. The minimum absolute atomic E-state index is 0.0770. The summed E-state index contributed by atoms with van der Waals surface area (Å²) in [4.78, 5) is 11.4. The number of benzene rings is 1. The average Bonchev–Trinajstić information content (AvgIpc) is 2.62. The third kappa shape index (κ3) is 1.27. The molecule has 0 aliphatic carbocycles. The molecule has 0 aromatic heterocycles. The van der Waals surface area contributed by atoms with Gasteiger partial charge in [0, 0.05) is 6.07 Å². The Morgan fingerprint density at radius 3 is 2.60 bits per heavy atom. The average molecular weight is 210 g/mol. The summed E-state index contributed by atoms with van der Waals surface area (Å²) in [6.07, 6.45) is 0. The van der Waals surface area contributed by atoms with Crippen LogP contribution in [0.3, 0.4) is 0 Å². The van der Waals surface area contributed by atoms with Crippen molar-refractivity contribution < 1.29 is 24.1 Å². The largest absolute Gasteiger partial charge is 0.504 e. The van der Waals surface area contributed by atoms with E-state index in [1.807, 2.05) is 0 Å². The summed E-state index contributed by atoms with van der Waals surface area (Å²) in [6.45, 7) is -0.0770. The Hall–Kier alpha value is -1.91. The van der Waals surface area contributed by atoms with E-state index < -0.39 is 0 Å². The van der Waals surface area contributed by atoms with Crippen LogP contribution in [0.4, 0.5) is 0 Å². The molecular weight excluding hydrogens is 200 g/mol. The van der Waals surface area contributed by atoms with Crippen LogP contribution in [-0.2, 0) is 0 Å². The lowest BCUT2D eigenvalue weighted by atomic mass is 10.1. The first-order valence-electron chi connectivity index (χ1n) is 4.33. The van der Waals surface area contributed by atoms with Crippen molar-refractivity contribution in [2.75, 3.05) is 20.8 Å². The van der Waals surface area contributed by atoms with Gasteiger partial charge in [-0.25, -0.2) is 0 Å². The maximum absolute atomic E-state index is 11.4. The topological polar surface area (TPSA) is 65.0 Å². The molecule has 0 saturated carbocycles. The normalized spacial score (nSPS) is 13.3. The van der Waals surface area contributed by atoms with E-state index >= 15 is 0 Å². The van der Waals surface area contributed by atoms with Gasteiger partial charge in [-0.05, 0) is 0 Å². The molecule has 1 aromatic carbocycles. The first-order chi connectivity index (χ1) is 7.19. The quantitative estimate of drug-likeness (QED) is 0.788. The number of hydrogen-bond donors (Lipinski definition) is 1. The van der Waals surface area contributed by atoms with Gasteiger partial charge in [-0.1, -0.05) is 0 Å². The Labute approximate surface area is 86.2 Å². The van der Waals surface area contributed by atoms with Crippen molar-refractivity contribution in [2.45, 2.75) is 0 Å².